The molecular formula is C19H24O. The Bertz CT molecular complexity index is 520. The number of hydrogen-bond donors (Lipinski definition) is 1. The predicted octanol–water partition coefficient (Wildman–Crippen LogP) is 5.21. The third-order valence-corrected chi connectivity index (χ3v) is 3.57. The third kappa shape index (κ3) is 4.21. The smallest absolute Gasteiger partial charge is 0.0790 e. The van der Waals surface area contributed by atoms with Gasteiger partial charge in [-0.3, -0.25) is 0 Å². The molecule has 2 aromatic carbocycles. The molecule has 20 heavy (non-hydrogen) atoms. The molecule has 0 heterocycles. The van der Waals surface area contributed by atoms with Gasteiger partial charge >= 0.3 is 0 Å². The number of hydrogen-bond acceptors (Lipinski definition) is 1. The topological polar surface area (TPSA) is 20.2 Å². The van der Waals surface area contributed by atoms with E-state index in [2.05, 4.69) is 45.0 Å². The van der Waals surface area contributed by atoms with Crippen LogP contribution in [0.3, 0.4) is 0 Å². The molecule has 1 unspecified atom stereocenters. The standard InChI is InChI=1S/C19H24O/c1-19(2,3)14-13-18(20)17-11-9-16(10-12-17)15-7-5-4-6-8-15/h4-12,18,20H,13-14H2,1-3H3. The van der Waals surface area contributed by atoms with Crippen molar-refractivity contribution in [2.75, 3.05) is 0 Å². The predicted molar refractivity (Wildman–Crippen MR) is 85.5 cm³/mol. The molecule has 0 amide bonds. The Hall–Kier alpha value is -1.60. The maximum atomic E-state index is 10.2. The SMILES string of the molecule is CC(C)(C)CCC(O)c1ccc(-c2ccccc2)cc1. The molecule has 0 radical (unpaired) electrons. The highest BCUT2D eigenvalue weighted by Gasteiger charge is 2.14. The molecule has 0 saturated heterocycles. The zero-order valence-electron chi connectivity index (χ0n) is 12.6. The number of benzene rings is 2. The lowest BCUT2D eigenvalue weighted by atomic mass is 9.88. The molecule has 2 aromatic rings. The largest absolute Gasteiger partial charge is 0.388 e. The molecule has 0 aliphatic carbocycles. The molecule has 1 atom stereocenters. The van der Waals surface area contributed by atoms with Gasteiger partial charge in [0.25, 0.3) is 0 Å². The molecule has 0 aliphatic rings. The molecule has 1 heteroatoms. The first kappa shape index (κ1) is 14.8. The minimum atomic E-state index is -0.362. The Labute approximate surface area is 122 Å². The Morgan fingerprint density at radius 3 is 1.95 bits per heavy atom. The second-order valence-corrected chi connectivity index (χ2v) is 6.60. The third-order valence-electron chi connectivity index (χ3n) is 3.57. The zero-order chi connectivity index (χ0) is 14.6. The monoisotopic (exact) mass is 268 g/mol. The number of aliphatic hydroxyl groups excluding tert-OH is 1. The van der Waals surface area contributed by atoms with E-state index in [0.717, 1.165) is 18.4 Å². The summed E-state index contributed by atoms with van der Waals surface area (Å²) in [6.45, 7) is 6.62. The lowest BCUT2D eigenvalue weighted by molar-refractivity contribution is 0.147. The van der Waals surface area contributed by atoms with Gasteiger partial charge in [0, 0.05) is 0 Å². The van der Waals surface area contributed by atoms with E-state index in [4.69, 9.17) is 0 Å². The van der Waals surface area contributed by atoms with Crippen LogP contribution in [0.5, 0.6) is 0 Å². The molecule has 0 bridgehead atoms. The normalized spacial score (nSPS) is 13.2. The molecule has 0 aliphatic heterocycles. The van der Waals surface area contributed by atoms with Gasteiger partial charge in [0.1, 0.15) is 0 Å². The van der Waals surface area contributed by atoms with Crippen LogP contribution < -0.4 is 0 Å². The van der Waals surface area contributed by atoms with Gasteiger partial charge < -0.3 is 5.11 Å². The maximum absolute atomic E-state index is 10.2. The van der Waals surface area contributed by atoms with Crippen molar-refractivity contribution >= 4 is 0 Å². The quantitative estimate of drug-likeness (QED) is 0.806. The van der Waals surface area contributed by atoms with Crippen molar-refractivity contribution in [3.05, 3.63) is 60.2 Å². The summed E-state index contributed by atoms with van der Waals surface area (Å²) < 4.78 is 0. The van der Waals surface area contributed by atoms with Crippen molar-refractivity contribution in [1.82, 2.24) is 0 Å². The van der Waals surface area contributed by atoms with E-state index in [1.54, 1.807) is 0 Å². The van der Waals surface area contributed by atoms with Gasteiger partial charge in [-0.25, -0.2) is 0 Å². The molecule has 0 aromatic heterocycles. The molecule has 0 spiro atoms. The average Bonchev–Trinajstić information content (AvgIpc) is 2.45. The summed E-state index contributed by atoms with van der Waals surface area (Å²) in [7, 11) is 0. The van der Waals surface area contributed by atoms with E-state index in [1.165, 1.54) is 11.1 Å². The fourth-order valence-electron chi connectivity index (χ4n) is 2.26. The van der Waals surface area contributed by atoms with Crippen molar-refractivity contribution in [1.29, 1.82) is 0 Å². The van der Waals surface area contributed by atoms with Crippen molar-refractivity contribution in [2.45, 2.75) is 39.7 Å². The van der Waals surface area contributed by atoms with Gasteiger partial charge in [0.05, 0.1) is 6.10 Å². The first-order valence-electron chi connectivity index (χ1n) is 7.29. The minimum absolute atomic E-state index is 0.269. The van der Waals surface area contributed by atoms with Crippen molar-refractivity contribution in [2.24, 2.45) is 5.41 Å². The van der Waals surface area contributed by atoms with Crippen LogP contribution in [-0.2, 0) is 0 Å². The number of rotatable bonds is 4. The summed E-state index contributed by atoms with van der Waals surface area (Å²) in [6, 6.07) is 18.6. The van der Waals surface area contributed by atoms with Gasteiger partial charge in [-0.15, -0.1) is 0 Å². The van der Waals surface area contributed by atoms with Gasteiger partial charge in [0.2, 0.25) is 0 Å². The highest BCUT2D eigenvalue weighted by Crippen LogP contribution is 2.28. The zero-order valence-corrected chi connectivity index (χ0v) is 12.6. The van der Waals surface area contributed by atoms with Crippen molar-refractivity contribution in [3.8, 4) is 11.1 Å². The van der Waals surface area contributed by atoms with Gasteiger partial charge in [-0.2, -0.15) is 0 Å². The van der Waals surface area contributed by atoms with Crippen molar-refractivity contribution < 1.29 is 5.11 Å². The molecule has 1 N–H and O–H groups in total. The van der Waals surface area contributed by atoms with Crippen LogP contribution in [0.4, 0.5) is 0 Å². The van der Waals surface area contributed by atoms with Crippen LogP contribution in [0.1, 0.15) is 45.3 Å². The maximum Gasteiger partial charge on any atom is 0.0790 e. The Morgan fingerprint density at radius 2 is 1.40 bits per heavy atom. The molecule has 106 valence electrons. The Morgan fingerprint density at radius 1 is 0.850 bits per heavy atom. The van der Waals surface area contributed by atoms with Crippen LogP contribution in [0.25, 0.3) is 11.1 Å². The van der Waals surface area contributed by atoms with Crippen LogP contribution in [0.2, 0.25) is 0 Å². The molecular weight excluding hydrogens is 244 g/mol. The lowest BCUT2D eigenvalue weighted by Crippen LogP contribution is -2.08. The van der Waals surface area contributed by atoms with E-state index >= 15 is 0 Å². The van der Waals surface area contributed by atoms with Crippen LogP contribution in [-0.4, -0.2) is 5.11 Å². The molecule has 2 rings (SSSR count). The Kier molecular flexibility index (Phi) is 4.61. The van der Waals surface area contributed by atoms with E-state index < -0.39 is 0 Å². The lowest BCUT2D eigenvalue weighted by Gasteiger charge is -2.20. The first-order chi connectivity index (χ1) is 9.46. The molecule has 1 nitrogen and oxygen atoms in total. The summed E-state index contributed by atoms with van der Waals surface area (Å²) in [5, 5.41) is 10.2. The second kappa shape index (κ2) is 6.23. The fraction of sp³-hybridized carbons (Fsp3) is 0.368. The van der Waals surface area contributed by atoms with E-state index in [1.807, 2.05) is 30.3 Å². The van der Waals surface area contributed by atoms with Crippen molar-refractivity contribution in [3.63, 3.8) is 0 Å². The highest BCUT2D eigenvalue weighted by molar-refractivity contribution is 5.63. The van der Waals surface area contributed by atoms with E-state index in [-0.39, 0.29) is 11.5 Å². The van der Waals surface area contributed by atoms with E-state index in [0.29, 0.717) is 0 Å². The van der Waals surface area contributed by atoms with E-state index in [9.17, 15) is 5.11 Å². The Balaban J connectivity index is 2.05. The minimum Gasteiger partial charge on any atom is -0.388 e. The van der Waals surface area contributed by atoms with Crippen LogP contribution >= 0.6 is 0 Å². The summed E-state index contributed by atoms with van der Waals surface area (Å²) in [4.78, 5) is 0. The van der Waals surface area contributed by atoms with Crippen LogP contribution in [0, 0.1) is 5.41 Å². The number of aliphatic hydroxyl groups is 1. The molecule has 0 fully saturated rings. The average molecular weight is 268 g/mol. The summed E-state index contributed by atoms with van der Waals surface area (Å²) in [6.07, 6.45) is 1.47. The first-order valence-corrected chi connectivity index (χ1v) is 7.29. The van der Waals surface area contributed by atoms with Crippen LogP contribution in [0.15, 0.2) is 54.6 Å². The summed E-state index contributed by atoms with van der Waals surface area (Å²) >= 11 is 0. The summed E-state index contributed by atoms with van der Waals surface area (Å²) in [5.41, 5.74) is 3.68. The van der Waals surface area contributed by atoms with Gasteiger partial charge in [-0.05, 0) is 34.9 Å². The summed E-state index contributed by atoms with van der Waals surface area (Å²) in [5.74, 6) is 0. The van der Waals surface area contributed by atoms with Gasteiger partial charge in [-0.1, -0.05) is 75.4 Å². The highest BCUT2D eigenvalue weighted by atomic mass is 16.3. The second-order valence-electron chi connectivity index (χ2n) is 6.60. The fourth-order valence-corrected chi connectivity index (χ4v) is 2.26. The van der Waals surface area contributed by atoms with Gasteiger partial charge in [0.15, 0.2) is 0 Å². The molecule has 0 saturated carbocycles.